The normalized spacial score (nSPS) is 14.3. The minimum atomic E-state index is -0.447. The standard InChI is InChI=1S/C18H5N11/c1-7-8(5-19)25-11-10(24-7)12-13(27-16(21-2)9(6-20)26-12)15-14(11)28-17(22-3)18(23-4)29-15/h7,24H,1H3. The van der Waals surface area contributed by atoms with Crippen LogP contribution in [-0.4, -0.2) is 31.7 Å². The summed E-state index contributed by atoms with van der Waals surface area (Å²) in [6.45, 7) is 23.5. The summed E-state index contributed by atoms with van der Waals surface area (Å²) in [5, 5.41) is 21.8. The summed E-state index contributed by atoms with van der Waals surface area (Å²) in [6.07, 6.45) is 0. The molecule has 1 aliphatic rings. The number of nitrogens with one attached hydrogen (secondary N) is 1. The smallest absolute Gasteiger partial charge is 0.307 e. The van der Waals surface area contributed by atoms with E-state index in [0.29, 0.717) is 5.69 Å². The van der Waals surface area contributed by atoms with Gasteiger partial charge in [-0.2, -0.15) is 10.5 Å². The molecule has 1 aliphatic heterocycles. The lowest BCUT2D eigenvalue weighted by molar-refractivity contribution is 1.04. The van der Waals surface area contributed by atoms with Crippen molar-refractivity contribution in [1.29, 1.82) is 10.5 Å². The molecule has 11 heteroatoms. The number of aromatic nitrogens is 4. The van der Waals surface area contributed by atoms with E-state index in [-0.39, 0.29) is 56.6 Å². The molecule has 0 fully saturated rings. The van der Waals surface area contributed by atoms with Gasteiger partial charge in [0.05, 0.1) is 11.7 Å². The molecule has 3 heterocycles. The number of nitrogens with zero attached hydrogens (tertiary/aromatic N) is 10. The van der Waals surface area contributed by atoms with Gasteiger partial charge >= 0.3 is 5.82 Å². The lowest BCUT2D eigenvalue weighted by Gasteiger charge is -2.21. The second-order valence-corrected chi connectivity index (χ2v) is 5.81. The predicted octanol–water partition coefficient (Wildman–Crippen LogP) is 3.51. The highest BCUT2D eigenvalue weighted by Crippen LogP contribution is 2.44. The highest BCUT2D eigenvalue weighted by Gasteiger charge is 2.32. The first kappa shape index (κ1) is 17.2. The van der Waals surface area contributed by atoms with Crippen LogP contribution in [0.2, 0.25) is 0 Å². The summed E-state index contributed by atoms with van der Waals surface area (Å²) in [6, 6.07) is 3.39. The summed E-state index contributed by atoms with van der Waals surface area (Å²) in [4.78, 5) is 30.9. The van der Waals surface area contributed by atoms with Crippen molar-refractivity contribution >= 4 is 56.6 Å². The molecule has 3 aromatic rings. The minimum Gasteiger partial charge on any atom is -0.372 e. The molecule has 0 spiro atoms. The average molecular weight is 375 g/mol. The zero-order chi connectivity index (χ0) is 20.7. The Hall–Kier alpha value is -5.18. The van der Waals surface area contributed by atoms with Crippen LogP contribution >= 0.6 is 0 Å². The van der Waals surface area contributed by atoms with Gasteiger partial charge < -0.3 is 19.9 Å². The van der Waals surface area contributed by atoms with Gasteiger partial charge in [-0.1, -0.05) is 19.7 Å². The third-order valence-electron chi connectivity index (χ3n) is 4.20. The number of aliphatic imine (C=N–C) groups is 1. The Morgan fingerprint density at radius 1 is 0.828 bits per heavy atom. The largest absolute Gasteiger partial charge is 0.372 e. The second-order valence-electron chi connectivity index (χ2n) is 5.81. The molecule has 1 aromatic carbocycles. The topological polar surface area (TPSA) is 137 Å². The molecule has 4 rings (SSSR count). The molecule has 0 bridgehead atoms. The van der Waals surface area contributed by atoms with E-state index in [1.807, 2.05) is 12.1 Å². The molecule has 1 atom stereocenters. The van der Waals surface area contributed by atoms with Crippen LogP contribution in [0, 0.1) is 42.4 Å². The van der Waals surface area contributed by atoms with Crippen molar-refractivity contribution < 1.29 is 0 Å². The lowest BCUT2D eigenvalue weighted by Crippen LogP contribution is -2.28. The highest BCUT2D eigenvalue weighted by molar-refractivity contribution is 6.19. The van der Waals surface area contributed by atoms with Crippen LogP contribution in [-0.2, 0) is 0 Å². The maximum Gasteiger partial charge on any atom is 0.307 e. The maximum absolute atomic E-state index is 9.36. The van der Waals surface area contributed by atoms with Crippen molar-refractivity contribution in [2.45, 2.75) is 13.0 Å². The van der Waals surface area contributed by atoms with E-state index in [1.54, 1.807) is 6.92 Å². The summed E-state index contributed by atoms with van der Waals surface area (Å²) >= 11 is 0. The average Bonchev–Trinajstić information content (AvgIpc) is 2.76. The highest BCUT2D eigenvalue weighted by atomic mass is 15.1. The number of fused-ring (bicyclic) bond motifs is 6. The van der Waals surface area contributed by atoms with Crippen molar-refractivity contribution in [2.75, 3.05) is 5.32 Å². The van der Waals surface area contributed by atoms with Crippen LogP contribution in [0.4, 0.5) is 28.8 Å². The fourth-order valence-corrected chi connectivity index (χ4v) is 2.92. The summed E-state index contributed by atoms with van der Waals surface area (Å²) in [7, 11) is 0. The molecule has 0 aliphatic carbocycles. The Bertz CT molecular complexity index is 1500. The van der Waals surface area contributed by atoms with E-state index in [0.717, 1.165) is 0 Å². The predicted molar refractivity (Wildman–Crippen MR) is 102 cm³/mol. The van der Waals surface area contributed by atoms with Gasteiger partial charge in [0.15, 0.2) is 5.69 Å². The number of benzene rings is 1. The van der Waals surface area contributed by atoms with E-state index in [4.69, 9.17) is 19.7 Å². The van der Waals surface area contributed by atoms with Crippen LogP contribution < -0.4 is 5.32 Å². The molecular weight excluding hydrogens is 370 g/mol. The van der Waals surface area contributed by atoms with Crippen molar-refractivity contribution in [3.8, 4) is 12.1 Å². The Kier molecular flexibility index (Phi) is 3.69. The van der Waals surface area contributed by atoms with E-state index >= 15 is 0 Å². The van der Waals surface area contributed by atoms with Gasteiger partial charge in [-0.05, 0) is 6.92 Å². The van der Waals surface area contributed by atoms with Gasteiger partial charge in [-0.25, -0.2) is 9.98 Å². The molecule has 11 nitrogen and oxygen atoms in total. The summed E-state index contributed by atoms with van der Waals surface area (Å²) in [5.41, 5.74) is 1.20. The zero-order valence-electron chi connectivity index (χ0n) is 14.5. The molecule has 0 saturated carbocycles. The maximum atomic E-state index is 9.36. The van der Waals surface area contributed by atoms with Crippen molar-refractivity contribution in [3.05, 3.63) is 39.9 Å². The molecule has 1 unspecified atom stereocenters. The first-order valence-electron chi connectivity index (χ1n) is 7.93. The Balaban J connectivity index is 2.31. The molecule has 132 valence electrons. The fraction of sp³-hybridized carbons (Fsp3) is 0.111. The first-order chi connectivity index (χ1) is 14.1. The van der Waals surface area contributed by atoms with Gasteiger partial charge in [0.1, 0.15) is 29.1 Å². The van der Waals surface area contributed by atoms with Crippen molar-refractivity contribution in [3.63, 3.8) is 0 Å². The third kappa shape index (κ3) is 2.35. The zero-order valence-corrected chi connectivity index (χ0v) is 14.5. The molecule has 0 saturated heterocycles. The number of rotatable bonds is 0. The van der Waals surface area contributed by atoms with E-state index in [2.05, 4.69) is 44.8 Å². The Morgan fingerprint density at radius 2 is 1.41 bits per heavy atom. The summed E-state index contributed by atoms with van der Waals surface area (Å²) < 4.78 is 0. The number of hydrogen-bond donors (Lipinski definition) is 1. The molecule has 2 aromatic heterocycles. The van der Waals surface area contributed by atoms with Crippen molar-refractivity contribution in [1.82, 2.24) is 19.9 Å². The van der Waals surface area contributed by atoms with Gasteiger partial charge in [-0.15, -0.1) is 15.0 Å². The van der Waals surface area contributed by atoms with Crippen LogP contribution in [0.25, 0.3) is 36.6 Å². The third-order valence-corrected chi connectivity index (χ3v) is 4.20. The Morgan fingerprint density at radius 3 is 2.00 bits per heavy atom. The van der Waals surface area contributed by atoms with Crippen LogP contribution in [0.5, 0.6) is 0 Å². The second kappa shape index (κ2) is 6.21. The van der Waals surface area contributed by atoms with Gasteiger partial charge in [-0.3, -0.25) is 0 Å². The molecular formula is C18H5N11. The van der Waals surface area contributed by atoms with Gasteiger partial charge in [0.2, 0.25) is 11.0 Å². The SMILES string of the molecule is [C-]#[N+]c1nc2c(nc1C#N)c1c(c3nc([N+]#[C-])c([N+]#[C-])nc32)N=C(C#N)C(C)N1. The van der Waals surface area contributed by atoms with Crippen molar-refractivity contribution in [2.24, 2.45) is 4.99 Å². The van der Waals surface area contributed by atoms with Crippen LogP contribution in [0.15, 0.2) is 4.99 Å². The number of nitriles is 2. The fourth-order valence-electron chi connectivity index (χ4n) is 2.92. The number of hydrogen-bond acceptors (Lipinski definition) is 8. The first-order valence-corrected chi connectivity index (χ1v) is 7.93. The quantitative estimate of drug-likeness (QED) is 0.469. The van der Waals surface area contributed by atoms with E-state index in [1.165, 1.54) is 0 Å². The molecule has 1 N–H and O–H groups in total. The lowest BCUT2D eigenvalue weighted by atomic mass is 10.1. The molecule has 29 heavy (non-hydrogen) atoms. The summed E-state index contributed by atoms with van der Waals surface area (Å²) in [5.74, 6) is -0.661. The van der Waals surface area contributed by atoms with Crippen LogP contribution in [0.3, 0.4) is 0 Å². The van der Waals surface area contributed by atoms with Gasteiger partial charge in [0.25, 0.3) is 17.2 Å². The minimum absolute atomic E-state index is 0.108. The van der Waals surface area contributed by atoms with Crippen LogP contribution in [0.1, 0.15) is 12.6 Å². The van der Waals surface area contributed by atoms with E-state index in [9.17, 15) is 10.5 Å². The molecule has 0 radical (unpaired) electrons. The Labute approximate surface area is 163 Å². The van der Waals surface area contributed by atoms with E-state index < -0.39 is 6.04 Å². The molecule has 0 amide bonds. The number of anilines is 1. The monoisotopic (exact) mass is 375 g/mol. The van der Waals surface area contributed by atoms with Gasteiger partial charge in [0, 0.05) is 0 Å².